The molecular formula is Cl6MnO4. The molecule has 0 aromatic heterocycles. The molecule has 0 bridgehead atoms. The van der Waals surface area contributed by atoms with Crippen LogP contribution in [0, 0.1) is 0 Å². The van der Waals surface area contributed by atoms with Crippen LogP contribution < -0.4 is 0 Å². The first-order valence-corrected chi connectivity index (χ1v) is 10.5. The Morgan fingerprint density at radius 1 is 0.818 bits per heavy atom. The zero-order chi connectivity index (χ0) is 9.77. The van der Waals surface area contributed by atoms with Crippen LogP contribution in [0.5, 0.6) is 0 Å². The SMILES string of the molecule is [O]=[Mn](=[O])([Cl])([Cl])([Cl])([Cl])([O]Cl)[O]Cl. The summed E-state index contributed by atoms with van der Waals surface area (Å²) in [7, 11) is 18.2. The number of halogens is 6. The molecule has 0 saturated carbocycles. The Morgan fingerprint density at radius 2 is 1.00 bits per heavy atom. The van der Waals surface area contributed by atoms with Crippen molar-refractivity contribution in [2.75, 3.05) is 0 Å². The third kappa shape index (κ3) is 4.52. The molecule has 0 aromatic carbocycles. The van der Waals surface area contributed by atoms with E-state index in [-0.39, 0.29) is 0 Å². The van der Waals surface area contributed by atoms with Gasteiger partial charge in [0.25, 0.3) is 0 Å². The molecule has 11 heavy (non-hydrogen) atoms. The van der Waals surface area contributed by atoms with Gasteiger partial charge in [0.2, 0.25) is 0 Å². The first kappa shape index (κ1) is 12.8. The third-order valence-electron chi connectivity index (χ3n) is 0.319. The molecule has 0 fully saturated rings. The van der Waals surface area contributed by atoms with Crippen LogP contribution >= 0.6 is 64.1 Å². The van der Waals surface area contributed by atoms with Crippen molar-refractivity contribution in [3.63, 3.8) is 0 Å². The summed E-state index contributed by atoms with van der Waals surface area (Å²) in [6, 6.07) is 0. The van der Waals surface area contributed by atoms with Crippen LogP contribution in [0.25, 0.3) is 0 Å². The minimum atomic E-state index is -9.17. The van der Waals surface area contributed by atoms with E-state index in [1.165, 1.54) is 0 Å². The summed E-state index contributed by atoms with van der Waals surface area (Å²) >= 11 is 8.72. The van der Waals surface area contributed by atoms with Gasteiger partial charge in [-0.2, -0.15) is 0 Å². The molecule has 0 rings (SSSR count). The standard InChI is InChI=1S/2ClO.4ClH.Mn.2O/c2*1-2;;;;;;;/h;;4*1H;;;/q2*-1;;;;;+6;;/p-4. The van der Waals surface area contributed by atoms with Gasteiger partial charge in [0.15, 0.2) is 0 Å². The Morgan fingerprint density at radius 3 is 1.00 bits per heavy atom. The molecule has 0 N–H and O–H groups in total. The summed E-state index contributed by atoms with van der Waals surface area (Å²) in [5.74, 6) is 0. The van der Waals surface area contributed by atoms with Gasteiger partial charge in [-0.25, -0.2) is 0 Å². The molecule has 0 aromatic rings. The number of hydrogen-bond donors (Lipinski definition) is 0. The minimum absolute atomic E-state index is 3.05. The van der Waals surface area contributed by atoms with E-state index in [0.717, 1.165) is 0 Å². The second kappa shape index (κ2) is 1.36. The van der Waals surface area contributed by atoms with Crippen molar-refractivity contribution in [3.05, 3.63) is 0 Å². The predicted molar refractivity (Wildman–Crippen MR) is 38.7 cm³/mol. The van der Waals surface area contributed by atoms with Crippen molar-refractivity contribution >= 4 is 64.1 Å². The zero-order valence-electron chi connectivity index (χ0n) is 4.28. The van der Waals surface area contributed by atoms with Crippen LogP contribution in [-0.2, 0) is 19.9 Å². The van der Waals surface area contributed by atoms with Gasteiger partial charge in [-0.15, -0.1) is 0 Å². The first-order chi connectivity index (χ1) is 4.04. The summed E-state index contributed by atoms with van der Waals surface area (Å²) in [5.41, 5.74) is -9.17. The second-order valence-electron chi connectivity index (χ2n) is 1.75. The van der Waals surface area contributed by atoms with Crippen molar-refractivity contribution in [2.45, 2.75) is 0 Å². The van der Waals surface area contributed by atoms with E-state index in [0.29, 0.717) is 0 Å². The van der Waals surface area contributed by atoms with Gasteiger partial charge in [-0.1, -0.05) is 0 Å². The van der Waals surface area contributed by atoms with E-state index in [4.69, 9.17) is 0 Å². The Bertz CT molecular complexity index is 397. The van der Waals surface area contributed by atoms with Gasteiger partial charge in [-0.05, 0) is 0 Å². The van der Waals surface area contributed by atoms with Crippen LogP contribution in [-0.4, -0.2) is 0 Å². The van der Waals surface area contributed by atoms with Crippen molar-refractivity contribution in [2.24, 2.45) is 0 Å². The van der Waals surface area contributed by atoms with Crippen LogP contribution in [0.4, 0.5) is 0 Å². The molecule has 73 valence electrons. The van der Waals surface area contributed by atoms with Gasteiger partial charge in [0.05, 0.1) is 0 Å². The molecule has 0 saturated heterocycles. The molecule has 0 atom stereocenters. The number of hydrogen-bond acceptors (Lipinski definition) is 4. The normalized spacial score (nSPS) is 27.5. The molecule has 11 heteroatoms. The Hall–Kier alpha value is 1.78. The molecule has 0 spiro atoms. The van der Waals surface area contributed by atoms with Gasteiger partial charge in [0.1, 0.15) is 0 Å². The Kier molecular flexibility index (Phi) is 1.57. The van der Waals surface area contributed by atoms with E-state index in [9.17, 15) is 7.67 Å². The van der Waals surface area contributed by atoms with Crippen molar-refractivity contribution < 1.29 is 19.9 Å². The molecule has 0 aliphatic carbocycles. The summed E-state index contributed by atoms with van der Waals surface area (Å²) in [6.45, 7) is 0. The maximum absolute atomic E-state index is 11.1. The van der Waals surface area contributed by atoms with E-state index < -0.39 is 5.50 Å². The average Bonchev–Trinajstić information content (AvgIpc) is 1.65. The fraction of sp³-hybridized carbons (Fsp3) is 0. The quantitative estimate of drug-likeness (QED) is 0.723. The van der Waals surface area contributed by atoms with Crippen LogP contribution in [0.3, 0.4) is 0 Å². The second-order valence-corrected chi connectivity index (χ2v) is 26.6. The van der Waals surface area contributed by atoms with Crippen LogP contribution in [0.15, 0.2) is 0 Å². The number of rotatable bonds is 2. The monoisotopic (exact) mass is 329 g/mol. The Labute approximate surface area is 83.4 Å². The Balaban J connectivity index is 6.56. The molecule has 0 unspecified atom stereocenters. The van der Waals surface area contributed by atoms with E-state index in [1.54, 1.807) is 0 Å². The fourth-order valence-electron chi connectivity index (χ4n) is 0.00900. The van der Waals surface area contributed by atoms with Crippen molar-refractivity contribution in [1.82, 2.24) is 0 Å². The molecule has 0 amide bonds. The van der Waals surface area contributed by atoms with Crippen LogP contribution in [0.1, 0.15) is 0 Å². The molecular weight excluding hydrogens is 332 g/mol. The molecule has 4 nitrogen and oxygen atoms in total. The summed E-state index contributed by atoms with van der Waals surface area (Å²) in [6.07, 6.45) is 0. The van der Waals surface area contributed by atoms with Gasteiger partial charge >= 0.3 is 84.0 Å². The molecule has 0 aliphatic heterocycles. The maximum atomic E-state index is 11.1. The van der Waals surface area contributed by atoms with Gasteiger partial charge in [-0.3, -0.25) is 0 Å². The van der Waals surface area contributed by atoms with E-state index >= 15 is 0 Å². The average molecular weight is 332 g/mol. The topological polar surface area (TPSA) is 52.6 Å². The molecule has 0 aliphatic rings. The molecule has 0 heterocycles. The van der Waals surface area contributed by atoms with Gasteiger partial charge < -0.3 is 0 Å². The summed E-state index contributed by atoms with van der Waals surface area (Å²) in [5, 5.41) is 0. The zero-order valence-corrected chi connectivity index (χ0v) is 9.99. The predicted octanol–water partition coefficient (Wildman–Crippen LogP) is 3.76. The van der Waals surface area contributed by atoms with Crippen LogP contribution in [0.2, 0.25) is 0 Å². The molecule has 0 radical (unpaired) electrons. The fourth-order valence-corrected chi connectivity index (χ4v) is 0.334. The summed E-state index contributed by atoms with van der Waals surface area (Å²) < 4.78 is 28.3. The van der Waals surface area contributed by atoms with Crippen molar-refractivity contribution in [1.29, 1.82) is 0 Å². The van der Waals surface area contributed by atoms with E-state index in [2.05, 4.69) is 70.9 Å². The summed E-state index contributed by atoms with van der Waals surface area (Å²) in [4.78, 5) is 0. The van der Waals surface area contributed by atoms with Crippen molar-refractivity contribution in [3.8, 4) is 0 Å². The first-order valence-electron chi connectivity index (χ1n) is 1.50. The van der Waals surface area contributed by atoms with Gasteiger partial charge in [0, 0.05) is 0 Å². The third-order valence-corrected chi connectivity index (χ3v) is 8.31. The van der Waals surface area contributed by atoms with E-state index in [1.807, 2.05) is 0 Å².